The van der Waals surface area contributed by atoms with Crippen LogP contribution in [0.4, 0.5) is 0 Å². The second kappa shape index (κ2) is 10.8. The van der Waals surface area contributed by atoms with Gasteiger partial charge < -0.3 is 19.5 Å². The van der Waals surface area contributed by atoms with Gasteiger partial charge in [-0.1, -0.05) is 6.92 Å². The number of sulfonamides is 1. The largest absolute Gasteiger partial charge is 0.497 e. The maximum atomic E-state index is 12.3. The molecule has 30 heavy (non-hydrogen) atoms. The van der Waals surface area contributed by atoms with Gasteiger partial charge in [-0.2, -0.15) is 0 Å². The fourth-order valence-electron chi connectivity index (χ4n) is 2.52. The van der Waals surface area contributed by atoms with Gasteiger partial charge in [0.15, 0.2) is 6.10 Å². The van der Waals surface area contributed by atoms with Crippen LogP contribution in [-0.4, -0.2) is 59.1 Å². The Kier molecular flexibility index (Phi) is 8.49. The number of nitrogens with one attached hydrogen (secondary N) is 1. The van der Waals surface area contributed by atoms with Crippen molar-refractivity contribution in [3.8, 4) is 17.2 Å². The number of benzene rings is 2. The molecule has 2 aromatic rings. The van der Waals surface area contributed by atoms with Crippen molar-refractivity contribution in [3.63, 3.8) is 0 Å². The van der Waals surface area contributed by atoms with Gasteiger partial charge in [0.2, 0.25) is 10.0 Å². The standard InChI is InChI=1S/C21H28N2O6S/c1-5-20(29-18-8-6-16(27-4)7-9-18)21(24)22-14-15-28-17-10-12-19(13-11-17)30(25,26)23(2)3/h6-13,20H,5,14-15H2,1-4H3,(H,22,24). The highest BCUT2D eigenvalue weighted by Gasteiger charge is 2.18. The average molecular weight is 437 g/mol. The molecule has 0 bridgehead atoms. The third-order valence-electron chi connectivity index (χ3n) is 4.27. The molecule has 0 aliphatic rings. The van der Waals surface area contributed by atoms with E-state index in [2.05, 4.69) is 5.32 Å². The molecule has 1 N–H and O–H groups in total. The van der Waals surface area contributed by atoms with Crippen LogP contribution in [0.3, 0.4) is 0 Å². The molecular weight excluding hydrogens is 408 g/mol. The third-order valence-corrected chi connectivity index (χ3v) is 6.10. The summed E-state index contributed by atoms with van der Waals surface area (Å²) in [5.41, 5.74) is 0. The zero-order valence-electron chi connectivity index (χ0n) is 17.6. The summed E-state index contributed by atoms with van der Waals surface area (Å²) in [4.78, 5) is 12.5. The lowest BCUT2D eigenvalue weighted by atomic mass is 10.2. The van der Waals surface area contributed by atoms with Gasteiger partial charge >= 0.3 is 0 Å². The van der Waals surface area contributed by atoms with Gasteiger partial charge in [-0.3, -0.25) is 4.79 Å². The number of methoxy groups -OCH3 is 1. The molecule has 1 atom stereocenters. The van der Waals surface area contributed by atoms with Gasteiger partial charge in [0.25, 0.3) is 5.91 Å². The van der Waals surface area contributed by atoms with Crippen molar-refractivity contribution in [1.82, 2.24) is 9.62 Å². The smallest absolute Gasteiger partial charge is 0.261 e. The number of carbonyl (C=O) groups excluding carboxylic acids is 1. The van der Waals surface area contributed by atoms with Crippen molar-refractivity contribution in [2.24, 2.45) is 0 Å². The van der Waals surface area contributed by atoms with Crippen molar-refractivity contribution >= 4 is 15.9 Å². The molecule has 0 spiro atoms. The Hall–Kier alpha value is -2.78. The first-order chi connectivity index (χ1) is 14.3. The van der Waals surface area contributed by atoms with E-state index in [1.165, 1.54) is 26.2 Å². The fourth-order valence-corrected chi connectivity index (χ4v) is 3.42. The van der Waals surface area contributed by atoms with Crippen LogP contribution in [-0.2, 0) is 14.8 Å². The fraction of sp³-hybridized carbons (Fsp3) is 0.381. The molecule has 0 aromatic heterocycles. The molecule has 0 saturated heterocycles. The Morgan fingerprint density at radius 2 is 1.57 bits per heavy atom. The van der Waals surface area contributed by atoms with Crippen LogP contribution in [0, 0.1) is 0 Å². The zero-order valence-corrected chi connectivity index (χ0v) is 18.4. The van der Waals surface area contributed by atoms with Crippen LogP contribution in [0.5, 0.6) is 17.2 Å². The lowest BCUT2D eigenvalue weighted by Crippen LogP contribution is -2.39. The second-order valence-corrected chi connectivity index (χ2v) is 8.74. The molecule has 9 heteroatoms. The molecule has 0 heterocycles. The first-order valence-corrected chi connectivity index (χ1v) is 11.0. The van der Waals surface area contributed by atoms with E-state index in [4.69, 9.17) is 14.2 Å². The first-order valence-electron chi connectivity index (χ1n) is 9.51. The van der Waals surface area contributed by atoms with Crippen LogP contribution < -0.4 is 19.5 Å². The summed E-state index contributed by atoms with van der Waals surface area (Å²) in [7, 11) is 1.06. The summed E-state index contributed by atoms with van der Waals surface area (Å²) >= 11 is 0. The summed E-state index contributed by atoms with van der Waals surface area (Å²) in [6, 6.07) is 13.2. The van der Waals surface area contributed by atoms with Gasteiger partial charge in [-0.05, 0) is 55.0 Å². The SMILES string of the molecule is CCC(Oc1ccc(OC)cc1)C(=O)NCCOc1ccc(S(=O)(=O)N(C)C)cc1. The highest BCUT2D eigenvalue weighted by atomic mass is 32.2. The lowest BCUT2D eigenvalue weighted by molar-refractivity contribution is -0.128. The monoisotopic (exact) mass is 436 g/mol. The topological polar surface area (TPSA) is 94.2 Å². The Morgan fingerprint density at radius 3 is 2.10 bits per heavy atom. The van der Waals surface area contributed by atoms with Crippen molar-refractivity contribution in [1.29, 1.82) is 0 Å². The van der Waals surface area contributed by atoms with E-state index in [9.17, 15) is 13.2 Å². The van der Waals surface area contributed by atoms with Crippen molar-refractivity contribution < 1.29 is 27.4 Å². The van der Waals surface area contributed by atoms with E-state index in [0.29, 0.717) is 30.2 Å². The molecule has 0 radical (unpaired) electrons. The minimum absolute atomic E-state index is 0.189. The maximum absolute atomic E-state index is 12.3. The lowest BCUT2D eigenvalue weighted by Gasteiger charge is -2.17. The van der Waals surface area contributed by atoms with E-state index >= 15 is 0 Å². The number of hydrogen-bond acceptors (Lipinski definition) is 6. The quantitative estimate of drug-likeness (QED) is 0.543. The van der Waals surface area contributed by atoms with E-state index < -0.39 is 16.1 Å². The van der Waals surface area contributed by atoms with Gasteiger partial charge in [-0.25, -0.2) is 12.7 Å². The summed E-state index contributed by atoms with van der Waals surface area (Å²) in [5, 5.41) is 2.78. The average Bonchev–Trinajstić information content (AvgIpc) is 2.75. The molecule has 8 nitrogen and oxygen atoms in total. The molecule has 1 unspecified atom stereocenters. The van der Waals surface area contributed by atoms with Crippen LogP contribution in [0.25, 0.3) is 0 Å². The Bertz CT molecular complexity index is 912. The minimum atomic E-state index is -3.47. The number of nitrogens with zero attached hydrogens (tertiary/aromatic N) is 1. The number of rotatable bonds is 11. The van der Waals surface area contributed by atoms with Crippen LogP contribution in [0.15, 0.2) is 53.4 Å². The summed E-state index contributed by atoms with van der Waals surface area (Å²) in [6.07, 6.45) is -0.102. The highest BCUT2D eigenvalue weighted by molar-refractivity contribution is 7.89. The summed E-state index contributed by atoms with van der Waals surface area (Å²) in [5.74, 6) is 1.58. The number of ether oxygens (including phenoxy) is 3. The number of hydrogen-bond donors (Lipinski definition) is 1. The maximum Gasteiger partial charge on any atom is 0.261 e. The van der Waals surface area contributed by atoms with Crippen molar-refractivity contribution in [2.45, 2.75) is 24.3 Å². The van der Waals surface area contributed by atoms with E-state index in [1.807, 2.05) is 6.92 Å². The van der Waals surface area contributed by atoms with Crippen LogP contribution in [0.2, 0.25) is 0 Å². The van der Waals surface area contributed by atoms with Crippen molar-refractivity contribution in [3.05, 3.63) is 48.5 Å². The van der Waals surface area contributed by atoms with Gasteiger partial charge in [0.1, 0.15) is 23.9 Å². The normalized spacial score (nSPS) is 12.3. The summed E-state index contributed by atoms with van der Waals surface area (Å²) < 4.78 is 41.7. The van der Waals surface area contributed by atoms with E-state index in [0.717, 1.165) is 4.31 Å². The second-order valence-electron chi connectivity index (χ2n) is 6.59. The third kappa shape index (κ3) is 6.36. The minimum Gasteiger partial charge on any atom is -0.497 e. The Balaban J connectivity index is 1.80. The molecule has 2 aromatic carbocycles. The molecule has 0 fully saturated rings. The summed E-state index contributed by atoms with van der Waals surface area (Å²) in [6.45, 7) is 2.40. The molecule has 0 aliphatic heterocycles. The van der Waals surface area contributed by atoms with Gasteiger partial charge in [0.05, 0.1) is 18.6 Å². The predicted octanol–water partition coefficient (Wildman–Crippen LogP) is 2.30. The molecule has 1 amide bonds. The molecule has 0 saturated carbocycles. The Labute approximate surface area is 177 Å². The molecular formula is C21H28N2O6S. The highest BCUT2D eigenvalue weighted by Crippen LogP contribution is 2.19. The van der Waals surface area contributed by atoms with Crippen LogP contribution in [0.1, 0.15) is 13.3 Å². The molecule has 2 rings (SSSR count). The van der Waals surface area contributed by atoms with Crippen LogP contribution >= 0.6 is 0 Å². The zero-order chi connectivity index (χ0) is 22.1. The van der Waals surface area contributed by atoms with E-state index in [-0.39, 0.29) is 17.4 Å². The molecule has 0 aliphatic carbocycles. The number of amides is 1. The van der Waals surface area contributed by atoms with Gasteiger partial charge in [0, 0.05) is 14.1 Å². The first kappa shape index (κ1) is 23.5. The molecule has 164 valence electrons. The van der Waals surface area contributed by atoms with Crippen molar-refractivity contribution in [2.75, 3.05) is 34.4 Å². The predicted molar refractivity (Wildman–Crippen MR) is 114 cm³/mol. The number of carbonyl (C=O) groups is 1. The van der Waals surface area contributed by atoms with E-state index in [1.54, 1.807) is 43.5 Å². The Morgan fingerprint density at radius 1 is 1.00 bits per heavy atom. The van der Waals surface area contributed by atoms with Gasteiger partial charge in [-0.15, -0.1) is 0 Å².